The quantitative estimate of drug-likeness (QED) is 0.711. The van der Waals surface area contributed by atoms with Crippen LogP contribution in [0.15, 0.2) is 24.3 Å². The average Bonchev–Trinajstić information content (AvgIpc) is 2.18. The molecule has 13 heavy (non-hydrogen) atoms. The van der Waals surface area contributed by atoms with Crippen LogP contribution in [0.2, 0.25) is 0 Å². The zero-order chi connectivity index (χ0) is 9.10. The van der Waals surface area contributed by atoms with E-state index in [0.717, 1.165) is 24.5 Å². The number of anilines is 1. The van der Waals surface area contributed by atoms with Gasteiger partial charge in [0, 0.05) is 6.54 Å². The molecule has 0 radical (unpaired) electrons. The molecular formula is C10H14N2O. The highest BCUT2D eigenvalue weighted by molar-refractivity contribution is 5.57. The SMILES string of the molecule is CNCC1CNc2ccccc2O1. The van der Waals surface area contributed by atoms with E-state index in [0.29, 0.717) is 0 Å². The van der Waals surface area contributed by atoms with E-state index in [1.54, 1.807) is 0 Å². The van der Waals surface area contributed by atoms with Crippen LogP contribution in [0.25, 0.3) is 0 Å². The van der Waals surface area contributed by atoms with Gasteiger partial charge in [-0.05, 0) is 19.2 Å². The van der Waals surface area contributed by atoms with Gasteiger partial charge in [-0.1, -0.05) is 12.1 Å². The summed E-state index contributed by atoms with van der Waals surface area (Å²) in [6.07, 6.45) is 0.236. The van der Waals surface area contributed by atoms with Gasteiger partial charge in [0.25, 0.3) is 0 Å². The second kappa shape index (κ2) is 3.66. The average molecular weight is 178 g/mol. The minimum Gasteiger partial charge on any atom is -0.485 e. The highest BCUT2D eigenvalue weighted by Gasteiger charge is 2.17. The molecule has 0 aliphatic carbocycles. The van der Waals surface area contributed by atoms with Gasteiger partial charge in [-0.2, -0.15) is 0 Å². The van der Waals surface area contributed by atoms with Gasteiger partial charge < -0.3 is 15.4 Å². The molecule has 0 saturated heterocycles. The number of rotatable bonds is 2. The Morgan fingerprint density at radius 3 is 3.23 bits per heavy atom. The molecule has 2 rings (SSSR count). The number of fused-ring (bicyclic) bond motifs is 1. The van der Waals surface area contributed by atoms with E-state index in [1.165, 1.54) is 0 Å². The summed E-state index contributed by atoms with van der Waals surface area (Å²) in [7, 11) is 1.93. The fourth-order valence-corrected chi connectivity index (χ4v) is 1.50. The minimum absolute atomic E-state index is 0.236. The Labute approximate surface area is 78.1 Å². The maximum absolute atomic E-state index is 5.75. The van der Waals surface area contributed by atoms with Gasteiger partial charge in [0.05, 0.1) is 12.2 Å². The van der Waals surface area contributed by atoms with E-state index in [2.05, 4.69) is 10.6 Å². The molecule has 1 aromatic rings. The molecule has 0 saturated carbocycles. The molecular weight excluding hydrogens is 164 g/mol. The fourth-order valence-electron chi connectivity index (χ4n) is 1.50. The van der Waals surface area contributed by atoms with Crippen LogP contribution in [0.5, 0.6) is 5.75 Å². The van der Waals surface area contributed by atoms with E-state index >= 15 is 0 Å². The van der Waals surface area contributed by atoms with E-state index in [9.17, 15) is 0 Å². The van der Waals surface area contributed by atoms with Crippen LogP contribution in [-0.2, 0) is 0 Å². The standard InChI is InChI=1S/C10H14N2O/c1-11-6-8-7-12-9-4-2-3-5-10(9)13-8/h2-5,8,11-12H,6-7H2,1H3. The van der Waals surface area contributed by atoms with Crippen molar-refractivity contribution in [2.45, 2.75) is 6.10 Å². The van der Waals surface area contributed by atoms with Crippen molar-refractivity contribution in [3.05, 3.63) is 24.3 Å². The van der Waals surface area contributed by atoms with Gasteiger partial charge >= 0.3 is 0 Å². The Hall–Kier alpha value is -1.22. The maximum Gasteiger partial charge on any atom is 0.142 e. The van der Waals surface area contributed by atoms with Gasteiger partial charge in [0.15, 0.2) is 0 Å². The molecule has 1 aliphatic rings. The molecule has 2 N–H and O–H groups in total. The molecule has 0 spiro atoms. The van der Waals surface area contributed by atoms with Crippen LogP contribution in [-0.4, -0.2) is 26.2 Å². The highest BCUT2D eigenvalue weighted by Crippen LogP contribution is 2.27. The van der Waals surface area contributed by atoms with Crippen LogP contribution >= 0.6 is 0 Å². The molecule has 1 aromatic carbocycles. The first-order chi connectivity index (χ1) is 6.40. The molecule has 1 unspecified atom stereocenters. The first-order valence-corrected chi connectivity index (χ1v) is 4.54. The lowest BCUT2D eigenvalue weighted by Gasteiger charge is -2.26. The molecule has 0 amide bonds. The smallest absolute Gasteiger partial charge is 0.142 e. The van der Waals surface area contributed by atoms with E-state index in [1.807, 2.05) is 31.3 Å². The zero-order valence-electron chi connectivity index (χ0n) is 7.71. The highest BCUT2D eigenvalue weighted by atomic mass is 16.5. The summed E-state index contributed by atoms with van der Waals surface area (Å²) >= 11 is 0. The number of hydrogen-bond donors (Lipinski definition) is 2. The first kappa shape index (κ1) is 8.38. The normalized spacial score (nSPS) is 19.9. The topological polar surface area (TPSA) is 33.3 Å². The summed E-state index contributed by atoms with van der Waals surface area (Å²) in [5.41, 5.74) is 1.09. The zero-order valence-corrected chi connectivity index (χ0v) is 7.71. The van der Waals surface area contributed by atoms with Crippen molar-refractivity contribution in [1.29, 1.82) is 0 Å². The predicted octanol–water partition coefficient (Wildman–Crippen LogP) is 1.08. The Kier molecular flexibility index (Phi) is 2.36. The van der Waals surface area contributed by atoms with Crippen LogP contribution in [0.3, 0.4) is 0 Å². The number of hydrogen-bond acceptors (Lipinski definition) is 3. The van der Waals surface area contributed by atoms with Crippen LogP contribution < -0.4 is 15.4 Å². The lowest BCUT2D eigenvalue weighted by molar-refractivity contribution is 0.205. The number of para-hydroxylation sites is 2. The monoisotopic (exact) mass is 178 g/mol. The van der Waals surface area contributed by atoms with Crippen molar-refractivity contribution < 1.29 is 4.74 Å². The van der Waals surface area contributed by atoms with Crippen molar-refractivity contribution in [1.82, 2.24) is 5.32 Å². The third-order valence-electron chi connectivity index (χ3n) is 2.13. The van der Waals surface area contributed by atoms with Gasteiger partial charge in [0.2, 0.25) is 0 Å². The van der Waals surface area contributed by atoms with Crippen LogP contribution in [0.1, 0.15) is 0 Å². The largest absolute Gasteiger partial charge is 0.485 e. The van der Waals surface area contributed by atoms with E-state index < -0.39 is 0 Å². The van der Waals surface area contributed by atoms with Crippen LogP contribution in [0.4, 0.5) is 5.69 Å². The fraction of sp³-hybridized carbons (Fsp3) is 0.400. The number of nitrogens with one attached hydrogen (secondary N) is 2. The third-order valence-corrected chi connectivity index (χ3v) is 2.13. The summed E-state index contributed by atoms with van der Waals surface area (Å²) in [5, 5.41) is 6.44. The third kappa shape index (κ3) is 1.75. The van der Waals surface area contributed by atoms with Gasteiger partial charge in [-0.3, -0.25) is 0 Å². The molecule has 0 aromatic heterocycles. The Balaban J connectivity index is 2.11. The molecule has 0 fully saturated rings. The van der Waals surface area contributed by atoms with Crippen molar-refractivity contribution in [3.63, 3.8) is 0 Å². The number of ether oxygens (including phenoxy) is 1. The Bertz CT molecular complexity index is 288. The summed E-state index contributed by atoms with van der Waals surface area (Å²) < 4.78 is 5.75. The van der Waals surface area contributed by atoms with Gasteiger partial charge in [-0.15, -0.1) is 0 Å². The summed E-state index contributed by atoms with van der Waals surface area (Å²) in [4.78, 5) is 0. The number of benzene rings is 1. The van der Waals surface area contributed by atoms with Crippen molar-refractivity contribution in [2.75, 3.05) is 25.5 Å². The minimum atomic E-state index is 0.236. The van der Waals surface area contributed by atoms with Gasteiger partial charge in [0.1, 0.15) is 11.9 Å². The van der Waals surface area contributed by atoms with Crippen molar-refractivity contribution >= 4 is 5.69 Å². The molecule has 1 atom stereocenters. The van der Waals surface area contributed by atoms with E-state index in [4.69, 9.17) is 4.74 Å². The lowest BCUT2D eigenvalue weighted by Crippen LogP contribution is -2.38. The number of likely N-dealkylation sites (N-methyl/N-ethyl adjacent to an activating group) is 1. The molecule has 70 valence electrons. The molecule has 3 heteroatoms. The molecule has 1 heterocycles. The summed E-state index contributed by atoms with van der Waals surface area (Å²) in [5.74, 6) is 0.953. The van der Waals surface area contributed by atoms with Gasteiger partial charge in [-0.25, -0.2) is 0 Å². The second-order valence-electron chi connectivity index (χ2n) is 3.17. The molecule has 3 nitrogen and oxygen atoms in total. The predicted molar refractivity (Wildman–Crippen MR) is 53.3 cm³/mol. The summed E-state index contributed by atoms with van der Waals surface area (Å²) in [6.45, 7) is 1.75. The lowest BCUT2D eigenvalue weighted by atomic mass is 10.2. The molecule has 1 aliphatic heterocycles. The second-order valence-corrected chi connectivity index (χ2v) is 3.17. The summed E-state index contributed by atoms with van der Waals surface area (Å²) in [6, 6.07) is 8.02. The van der Waals surface area contributed by atoms with Crippen molar-refractivity contribution in [3.8, 4) is 5.75 Å². The van der Waals surface area contributed by atoms with Crippen molar-refractivity contribution in [2.24, 2.45) is 0 Å². The van der Waals surface area contributed by atoms with Crippen LogP contribution in [0, 0.1) is 0 Å². The maximum atomic E-state index is 5.75. The Morgan fingerprint density at radius 2 is 2.38 bits per heavy atom. The van der Waals surface area contributed by atoms with E-state index in [-0.39, 0.29) is 6.10 Å². The first-order valence-electron chi connectivity index (χ1n) is 4.54. The Morgan fingerprint density at radius 1 is 1.54 bits per heavy atom. The molecule has 0 bridgehead atoms.